The Labute approximate surface area is 182 Å². The Bertz CT molecular complexity index is 1230. The van der Waals surface area contributed by atoms with E-state index in [1.54, 1.807) is 19.2 Å². The van der Waals surface area contributed by atoms with Crippen molar-refractivity contribution in [2.75, 3.05) is 23.3 Å². The molecule has 1 saturated heterocycles. The molecule has 3 heterocycles. The van der Waals surface area contributed by atoms with Crippen LogP contribution in [0.2, 0.25) is 5.02 Å². The molecule has 0 radical (unpaired) electrons. The monoisotopic (exact) mass is 445 g/mol. The number of aryl methyl sites for hydroxylation is 2. The second kappa shape index (κ2) is 7.89. The Hall–Kier alpha value is -2.63. The van der Waals surface area contributed by atoms with E-state index < -0.39 is 0 Å². The first-order valence-corrected chi connectivity index (χ1v) is 10.9. The third kappa shape index (κ3) is 3.53. The van der Waals surface area contributed by atoms with E-state index in [1.807, 2.05) is 6.92 Å². The molecule has 9 heteroatoms. The number of halogens is 2. The Morgan fingerprint density at radius 1 is 1.43 bits per heavy atom. The number of nitrogens with one attached hydrogen (secondary N) is 1. The van der Waals surface area contributed by atoms with Crippen LogP contribution in [0.3, 0.4) is 0 Å². The molecule has 3 aromatic rings. The molecular formula is C21H21ClFN5OS. The molecule has 4 rings (SSSR count). The van der Waals surface area contributed by atoms with E-state index in [-0.39, 0.29) is 28.9 Å². The Kier molecular flexibility index (Phi) is 5.43. The van der Waals surface area contributed by atoms with E-state index in [4.69, 9.17) is 11.6 Å². The summed E-state index contributed by atoms with van der Waals surface area (Å²) in [6.45, 7) is 5.23. The van der Waals surface area contributed by atoms with Gasteiger partial charge >= 0.3 is 0 Å². The first-order chi connectivity index (χ1) is 14.3. The minimum Gasteiger partial charge on any atom is -0.380 e. The van der Waals surface area contributed by atoms with Gasteiger partial charge in [-0.05, 0) is 37.5 Å². The zero-order chi connectivity index (χ0) is 21.6. The van der Waals surface area contributed by atoms with Gasteiger partial charge in [-0.25, -0.2) is 9.37 Å². The van der Waals surface area contributed by atoms with Crippen molar-refractivity contribution in [3.05, 3.63) is 50.0 Å². The van der Waals surface area contributed by atoms with Crippen LogP contribution in [0.15, 0.2) is 23.0 Å². The van der Waals surface area contributed by atoms with E-state index in [0.717, 1.165) is 16.3 Å². The summed E-state index contributed by atoms with van der Waals surface area (Å²) in [5, 5.41) is 14.2. The Morgan fingerprint density at radius 3 is 2.87 bits per heavy atom. The van der Waals surface area contributed by atoms with Crippen LogP contribution in [0.4, 0.5) is 15.8 Å². The number of fused-ring (bicyclic) bond motifs is 1. The molecule has 2 aromatic heterocycles. The van der Waals surface area contributed by atoms with Gasteiger partial charge in [-0.2, -0.15) is 5.26 Å². The van der Waals surface area contributed by atoms with Gasteiger partial charge in [-0.3, -0.25) is 4.79 Å². The highest BCUT2D eigenvalue weighted by Crippen LogP contribution is 2.34. The molecule has 0 bridgehead atoms. The predicted octanol–water partition coefficient (Wildman–Crippen LogP) is 4.29. The van der Waals surface area contributed by atoms with Crippen molar-refractivity contribution < 1.29 is 4.39 Å². The van der Waals surface area contributed by atoms with E-state index in [0.29, 0.717) is 35.0 Å². The van der Waals surface area contributed by atoms with Crippen molar-refractivity contribution in [2.24, 2.45) is 13.0 Å². The van der Waals surface area contributed by atoms with Crippen molar-refractivity contribution >= 4 is 44.7 Å². The molecule has 1 fully saturated rings. The number of hydrogen-bond donors (Lipinski definition) is 1. The zero-order valence-corrected chi connectivity index (χ0v) is 18.4. The lowest BCUT2D eigenvalue weighted by Gasteiger charge is -2.39. The molecule has 0 unspecified atom stereocenters. The molecule has 0 aliphatic carbocycles. The fourth-order valence-electron chi connectivity index (χ4n) is 4.06. The van der Waals surface area contributed by atoms with Crippen molar-refractivity contribution in [1.29, 1.82) is 5.26 Å². The lowest BCUT2D eigenvalue weighted by molar-refractivity contribution is 0.403. The number of aromatic nitrogens is 2. The lowest BCUT2D eigenvalue weighted by atomic mass is 9.92. The average Bonchev–Trinajstić information content (AvgIpc) is 3.09. The third-order valence-electron chi connectivity index (χ3n) is 5.61. The van der Waals surface area contributed by atoms with Crippen molar-refractivity contribution in [3.63, 3.8) is 0 Å². The molecule has 1 aromatic carbocycles. The molecule has 2 atom stereocenters. The normalized spacial score (nSPS) is 19.1. The zero-order valence-electron chi connectivity index (χ0n) is 16.9. The maximum atomic E-state index is 14.2. The minimum atomic E-state index is -0.380. The SMILES string of the molecule is Cc1nc2c(N3CC[C@H](Nc4ccc(Cl)cc4F)[C@H](C)C3)c(C#N)c(=O)n(C)c2s1. The van der Waals surface area contributed by atoms with Crippen LogP contribution in [0.5, 0.6) is 0 Å². The van der Waals surface area contributed by atoms with Gasteiger partial charge in [0, 0.05) is 31.2 Å². The number of anilines is 2. The fraction of sp³-hybridized carbons (Fsp3) is 0.381. The number of nitrogens with zero attached hydrogens (tertiary/aromatic N) is 4. The topological polar surface area (TPSA) is 74.0 Å². The molecule has 0 amide bonds. The number of pyridine rings is 1. The van der Waals surface area contributed by atoms with Crippen LogP contribution in [0, 0.1) is 30.0 Å². The largest absolute Gasteiger partial charge is 0.380 e. The highest BCUT2D eigenvalue weighted by Gasteiger charge is 2.31. The van der Waals surface area contributed by atoms with Gasteiger partial charge in [0.05, 0.1) is 16.4 Å². The van der Waals surface area contributed by atoms with E-state index in [2.05, 4.69) is 28.2 Å². The van der Waals surface area contributed by atoms with Crippen LogP contribution in [0.25, 0.3) is 10.3 Å². The fourth-order valence-corrected chi connectivity index (χ4v) is 5.09. The van der Waals surface area contributed by atoms with E-state index in [1.165, 1.54) is 22.0 Å². The highest BCUT2D eigenvalue weighted by molar-refractivity contribution is 7.18. The van der Waals surface area contributed by atoms with Gasteiger partial charge in [0.2, 0.25) is 0 Å². The summed E-state index contributed by atoms with van der Waals surface area (Å²) in [6, 6.07) is 6.75. The minimum absolute atomic E-state index is 0.0571. The van der Waals surface area contributed by atoms with Crippen molar-refractivity contribution in [1.82, 2.24) is 9.55 Å². The van der Waals surface area contributed by atoms with E-state index >= 15 is 0 Å². The van der Waals surface area contributed by atoms with Gasteiger partial charge in [-0.1, -0.05) is 18.5 Å². The molecule has 0 spiro atoms. The molecule has 30 heavy (non-hydrogen) atoms. The summed E-state index contributed by atoms with van der Waals surface area (Å²) in [5.74, 6) is -0.227. The molecule has 0 saturated carbocycles. The maximum Gasteiger partial charge on any atom is 0.271 e. The van der Waals surface area contributed by atoms with Gasteiger partial charge in [0.1, 0.15) is 27.8 Å². The summed E-state index contributed by atoms with van der Waals surface area (Å²) >= 11 is 7.29. The molecule has 156 valence electrons. The summed E-state index contributed by atoms with van der Waals surface area (Å²) in [7, 11) is 1.67. The number of piperidine rings is 1. The second-order valence-corrected chi connectivity index (χ2v) is 9.29. The quantitative estimate of drug-likeness (QED) is 0.650. The number of thiazole rings is 1. The Morgan fingerprint density at radius 2 is 2.20 bits per heavy atom. The number of rotatable bonds is 3. The first-order valence-electron chi connectivity index (χ1n) is 9.67. The molecule has 6 nitrogen and oxygen atoms in total. The molecule has 1 N–H and O–H groups in total. The van der Waals surface area contributed by atoms with Gasteiger partial charge in [0.25, 0.3) is 5.56 Å². The van der Waals surface area contributed by atoms with Crippen LogP contribution >= 0.6 is 22.9 Å². The van der Waals surface area contributed by atoms with Gasteiger partial charge in [0.15, 0.2) is 0 Å². The van der Waals surface area contributed by atoms with E-state index in [9.17, 15) is 14.4 Å². The molecule has 1 aliphatic heterocycles. The van der Waals surface area contributed by atoms with Crippen molar-refractivity contribution in [3.8, 4) is 6.07 Å². The van der Waals surface area contributed by atoms with Crippen LogP contribution in [-0.2, 0) is 7.05 Å². The Balaban J connectivity index is 1.65. The van der Waals surface area contributed by atoms with Gasteiger partial charge < -0.3 is 14.8 Å². The van der Waals surface area contributed by atoms with Crippen LogP contribution < -0.4 is 15.8 Å². The summed E-state index contributed by atoms with van der Waals surface area (Å²) in [5.41, 5.74) is 1.55. The van der Waals surface area contributed by atoms with Crippen LogP contribution in [0.1, 0.15) is 23.9 Å². The standard InChI is InChI=1S/C21H21ClFN5OS/c1-11-10-28(7-6-16(11)26-17-5-4-13(22)8-15(17)23)19-14(9-24)20(29)27(3)21-18(19)25-12(2)30-21/h4-5,8,11,16,26H,6-7,10H2,1-3H3/t11-,16+/m1/s1. The third-order valence-corrected chi connectivity index (χ3v) is 6.89. The summed E-state index contributed by atoms with van der Waals surface area (Å²) < 4.78 is 15.7. The summed E-state index contributed by atoms with van der Waals surface area (Å²) in [4.78, 5) is 20.2. The number of hydrogen-bond acceptors (Lipinski definition) is 6. The number of benzene rings is 1. The summed E-state index contributed by atoms with van der Waals surface area (Å²) in [6.07, 6.45) is 0.730. The number of nitriles is 1. The maximum absolute atomic E-state index is 14.2. The predicted molar refractivity (Wildman–Crippen MR) is 119 cm³/mol. The smallest absolute Gasteiger partial charge is 0.271 e. The van der Waals surface area contributed by atoms with Gasteiger partial charge in [-0.15, -0.1) is 11.3 Å². The average molecular weight is 446 g/mol. The first kappa shape index (κ1) is 20.6. The van der Waals surface area contributed by atoms with Crippen molar-refractivity contribution in [2.45, 2.75) is 26.3 Å². The highest BCUT2D eigenvalue weighted by atomic mass is 35.5. The lowest BCUT2D eigenvalue weighted by Crippen LogP contribution is -2.46. The molecule has 1 aliphatic rings. The van der Waals surface area contributed by atoms with Crippen LogP contribution in [-0.4, -0.2) is 28.7 Å². The second-order valence-electron chi connectivity index (χ2n) is 7.67. The molecular weight excluding hydrogens is 425 g/mol.